The van der Waals surface area contributed by atoms with Crippen LogP contribution in [-0.4, -0.2) is 49.2 Å². The minimum Gasteiger partial charge on any atom is -0.379 e. The van der Waals surface area contributed by atoms with Gasteiger partial charge in [-0.3, -0.25) is 9.69 Å². The highest BCUT2D eigenvalue weighted by molar-refractivity contribution is 5.72. The molecule has 0 aromatic heterocycles. The summed E-state index contributed by atoms with van der Waals surface area (Å²) in [5.74, 6) is 0.0444. The molecular formula is C11H22N2O2. The maximum Gasteiger partial charge on any atom is 0.216 e. The number of nitrogens with zero attached hydrogens (tertiary/aromatic N) is 1. The average Bonchev–Trinajstić information content (AvgIpc) is 2.27. The zero-order valence-corrected chi connectivity index (χ0v) is 10.0. The van der Waals surface area contributed by atoms with E-state index in [1.54, 1.807) is 6.92 Å². The predicted molar refractivity (Wildman–Crippen MR) is 59.8 cm³/mol. The number of morpholine rings is 1. The van der Waals surface area contributed by atoms with Gasteiger partial charge in [0.1, 0.15) is 0 Å². The third-order valence-electron chi connectivity index (χ3n) is 3.25. The van der Waals surface area contributed by atoms with Crippen LogP contribution >= 0.6 is 0 Å². The Hall–Kier alpha value is -0.610. The van der Waals surface area contributed by atoms with E-state index in [0.29, 0.717) is 0 Å². The quantitative estimate of drug-likeness (QED) is 0.746. The largest absolute Gasteiger partial charge is 0.379 e. The summed E-state index contributed by atoms with van der Waals surface area (Å²) in [5.41, 5.74) is 0.0649. The Morgan fingerprint density at radius 3 is 2.53 bits per heavy atom. The van der Waals surface area contributed by atoms with E-state index in [1.165, 1.54) is 0 Å². The molecule has 1 aliphatic rings. The van der Waals surface area contributed by atoms with Crippen LogP contribution in [-0.2, 0) is 9.53 Å². The molecule has 1 fully saturated rings. The van der Waals surface area contributed by atoms with Gasteiger partial charge in [-0.05, 0) is 13.3 Å². The molecule has 1 heterocycles. The third-order valence-corrected chi connectivity index (χ3v) is 3.25. The van der Waals surface area contributed by atoms with Crippen molar-refractivity contribution >= 4 is 5.91 Å². The Labute approximate surface area is 92.0 Å². The summed E-state index contributed by atoms with van der Waals surface area (Å²) < 4.78 is 5.34. The zero-order valence-electron chi connectivity index (χ0n) is 10.0. The average molecular weight is 214 g/mol. The lowest BCUT2D eigenvalue weighted by molar-refractivity contribution is -0.119. The van der Waals surface area contributed by atoms with Gasteiger partial charge in [-0.25, -0.2) is 0 Å². The first-order valence-corrected chi connectivity index (χ1v) is 5.66. The summed E-state index contributed by atoms with van der Waals surface area (Å²) in [7, 11) is 0. The highest BCUT2D eigenvalue weighted by Crippen LogP contribution is 2.19. The van der Waals surface area contributed by atoms with Crippen molar-refractivity contribution in [2.24, 2.45) is 0 Å². The molecule has 0 radical (unpaired) electrons. The number of hydrogen-bond donors (Lipinski definition) is 1. The Bertz CT molecular complexity index is 215. The summed E-state index contributed by atoms with van der Waals surface area (Å²) >= 11 is 0. The van der Waals surface area contributed by atoms with Gasteiger partial charge in [0.25, 0.3) is 0 Å². The first kappa shape index (κ1) is 12.5. The van der Waals surface area contributed by atoms with Crippen molar-refractivity contribution in [3.05, 3.63) is 0 Å². The highest BCUT2D eigenvalue weighted by Gasteiger charge is 2.31. The van der Waals surface area contributed by atoms with Gasteiger partial charge < -0.3 is 10.1 Å². The number of ether oxygens (including phenoxy) is 1. The molecule has 0 saturated carbocycles. The van der Waals surface area contributed by atoms with Gasteiger partial charge in [-0.15, -0.1) is 0 Å². The molecule has 1 amide bonds. The van der Waals surface area contributed by atoms with Gasteiger partial charge in [0.15, 0.2) is 0 Å². The summed E-state index contributed by atoms with van der Waals surface area (Å²) in [6.07, 6.45) is 1.03. The van der Waals surface area contributed by atoms with E-state index in [4.69, 9.17) is 4.74 Å². The van der Waals surface area contributed by atoms with E-state index < -0.39 is 0 Å². The molecule has 1 rings (SSSR count). The molecule has 1 atom stereocenters. The maximum absolute atomic E-state index is 10.9. The fourth-order valence-corrected chi connectivity index (χ4v) is 1.88. The molecule has 0 aromatic rings. The van der Waals surface area contributed by atoms with E-state index in [2.05, 4.69) is 24.1 Å². The maximum atomic E-state index is 10.9. The molecule has 0 aliphatic carbocycles. The van der Waals surface area contributed by atoms with Gasteiger partial charge in [0.2, 0.25) is 5.91 Å². The van der Waals surface area contributed by atoms with Crippen LogP contribution < -0.4 is 5.32 Å². The lowest BCUT2D eigenvalue weighted by atomic mass is 9.95. The second-order valence-corrected chi connectivity index (χ2v) is 4.36. The lowest BCUT2D eigenvalue weighted by Gasteiger charge is -2.42. The van der Waals surface area contributed by atoms with Crippen LogP contribution in [0.1, 0.15) is 27.2 Å². The number of carbonyl (C=O) groups excluding carboxylic acids is 1. The first-order chi connectivity index (χ1) is 7.08. The molecule has 0 spiro atoms. The van der Waals surface area contributed by atoms with Crippen molar-refractivity contribution in [3.63, 3.8) is 0 Å². The van der Waals surface area contributed by atoms with Gasteiger partial charge in [-0.2, -0.15) is 0 Å². The normalized spacial score (nSPS) is 22.1. The first-order valence-electron chi connectivity index (χ1n) is 5.66. The second kappa shape index (κ2) is 5.47. The second-order valence-electron chi connectivity index (χ2n) is 4.36. The number of hydrogen-bond acceptors (Lipinski definition) is 3. The summed E-state index contributed by atoms with van der Waals surface area (Å²) in [6, 6.07) is 0. The molecule has 1 N–H and O–H groups in total. The minimum atomic E-state index is 0.0444. The molecule has 0 bridgehead atoms. The van der Waals surface area contributed by atoms with Gasteiger partial charge in [0.05, 0.1) is 13.2 Å². The zero-order chi connectivity index (χ0) is 11.3. The van der Waals surface area contributed by atoms with Crippen LogP contribution in [0.3, 0.4) is 0 Å². The Morgan fingerprint density at radius 1 is 1.47 bits per heavy atom. The number of nitrogens with one attached hydrogen (secondary N) is 1. The molecular weight excluding hydrogens is 192 g/mol. The Balaban J connectivity index is 2.52. The Kier molecular flexibility index (Phi) is 4.54. The number of rotatable bonds is 4. The summed E-state index contributed by atoms with van der Waals surface area (Å²) in [4.78, 5) is 13.3. The van der Waals surface area contributed by atoms with E-state index >= 15 is 0 Å². The van der Waals surface area contributed by atoms with Crippen molar-refractivity contribution in [2.75, 3.05) is 32.8 Å². The molecule has 15 heavy (non-hydrogen) atoms. The van der Waals surface area contributed by atoms with Crippen LogP contribution in [0.25, 0.3) is 0 Å². The molecule has 4 nitrogen and oxygen atoms in total. The number of carbonyl (C=O) groups is 1. The Morgan fingerprint density at radius 2 is 2.07 bits per heavy atom. The van der Waals surface area contributed by atoms with E-state index in [-0.39, 0.29) is 11.4 Å². The van der Waals surface area contributed by atoms with E-state index in [1.807, 2.05) is 0 Å². The summed E-state index contributed by atoms with van der Waals surface area (Å²) in [5, 5.41) is 2.91. The SMILES string of the molecule is CC[C@@](C)(CNC(C)=O)N1CCOCC1. The number of amides is 1. The predicted octanol–water partition coefficient (Wildman–Crippen LogP) is 0.623. The lowest BCUT2D eigenvalue weighted by Crippen LogP contribution is -2.56. The van der Waals surface area contributed by atoms with E-state index in [9.17, 15) is 4.79 Å². The van der Waals surface area contributed by atoms with Crippen LogP contribution in [0.4, 0.5) is 0 Å². The molecule has 4 heteroatoms. The summed E-state index contributed by atoms with van der Waals surface area (Å²) in [6.45, 7) is 10.2. The van der Waals surface area contributed by atoms with Crippen LogP contribution in [0.2, 0.25) is 0 Å². The molecule has 1 saturated heterocycles. The van der Waals surface area contributed by atoms with Gasteiger partial charge in [-0.1, -0.05) is 6.92 Å². The minimum absolute atomic E-state index is 0.0444. The fraction of sp³-hybridized carbons (Fsp3) is 0.909. The van der Waals surface area contributed by atoms with E-state index in [0.717, 1.165) is 39.3 Å². The fourth-order valence-electron chi connectivity index (χ4n) is 1.88. The van der Waals surface area contributed by atoms with Crippen molar-refractivity contribution in [1.29, 1.82) is 0 Å². The van der Waals surface area contributed by atoms with Crippen molar-refractivity contribution in [2.45, 2.75) is 32.7 Å². The van der Waals surface area contributed by atoms with Crippen LogP contribution in [0, 0.1) is 0 Å². The molecule has 88 valence electrons. The standard InChI is InChI=1S/C11H22N2O2/c1-4-11(3,9-12-10(2)14)13-5-7-15-8-6-13/h4-9H2,1-3H3,(H,12,14)/t11-/m0/s1. The van der Waals surface area contributed by atoms with Crippen LogP contribution in [0.5, 0.6) is 0 Å². The van der Waals surface area contributed by atoms with Gasteiger partial charge in [0, 0.05) is 32.1 Å². The van der Waals surface area contributed by atoms with Crippen molar-refractivity contribution in [1.82, 2.24) is 10.2 Å². The smallest absolute Gasteiger partial charge is 0.216 e. The monoisotopic (exact) mass is 214 g/mol. The third kappa shape index (κ3) is 3.47. The highest BCUT2D eigenvalue weighted by atomic mass is 16.5. The molecule has 0 unspecified atom stereocenters. The molecule has 1 aliphatic heterocycles. The van der Waals surface area contributed by atoms with Crippen LogP contribution in [0.15, 0.2) is 0 Å². The molecule has 0 aromatic carbocycles. The van der Waals surface area contributed by atoms with Crippen molar-refractivity contribution in [3.8, 4) is 0 Å². The van der Waals surface area contributed by atoms with Crippen molar-refractivity contribution < 1.29 is 9.53 Å². The van der Waals surface area contributed by atoms with Gasteiger partial charge >= 0.3 is 0 Å². The topological polar surface area (TPSA) is 41.6 Å².